The fourth-order valence-electron chi connectivity index (χ4n) is 2.41. The topological polar surface area (TPSA) is 66.6 Å². The lowest BCUT2D eigenvalue weighted by Crippen LogP contribution is -2.20. The average molecular weight is 266 g/mol. The molecule has 1 atom stereocenters. The van der Waals surface area contributed by atoms with Crippen molar-refractivity contribution >= 4 is 5.97 Å². The van der Waals surface area contributed by atoms with Gasteiger partial charge in [-0.2, -0.15) is 0 Å². The molecule has 104 valence electrons. The van der Waals surface area contributed by atoms with Gasteiger partial charge in [-0.1, -0.05) is 12.1 Å². The highest BCUT2D eigenvalue weighted by atomic mass is 19.1. The summed E-state index contributed by atoms with van der Waals surface area (Å²) in [5.74, 6) is -1.28. The van der Waals surface area contributed by atoms with Crippen LogP contribution in [0.2, 0.25) is 0 Å². The summed E-state index contributed by atoms with van der Waals surface area (Å²) in [5, 5.41) is 8.68. The number of hydrogen-bond donors (Lipinski definition) is 2. The van der Waals surface area contributed by atoms with Crippen LogP contribution >= 0.6 is 0 Å². The number of nitrogens with zero attached hydrogens (tertiary/aromatic N) is 1. The summed E-state index contributed by atoms with van der Waals surface area (Å²) in [7, 11) is 0. The lowest BCUT2D eigenvalue weighted by atomic mass is 10.0. The minimum Gasteiger partial charge on any atom is -0.481 e. The van der Waals surface area contributed by atoms with E-state index in [0.717, 1.165) is 13.1 Å². The molecular weight excluding hydrogens is 247 g/mol. The van der Waals surface area contributed by atoms with Crippen LogP contribution in [0.15, 0.2) is 18.2 Å². The maximum Gasteiger partial charge on any atom is 0.305 e. The molecule has 0 saturated carbocycles. The number of carboxylic acid groups (broad SMARTS) is 1. The van der Waals surface area contributed by atoms with Crippen LogP contribution in [0.5, 0.6) is 0 Å². The second-order valence-corrected chi connectivity index (χ2v) is 5.04. The fraction of sp³-hybridized carbons (Fsp3) is 0.500. The molecule has 1 fully saturated rings. The minimum absolute atomic E-state index is 0.190. The molecule has 1 aliphatic rings. The van der Waals surface area contributed by atoms with E-state index in [9.17, 15) is 9.18 Å². The number of halogens is 1. The van der Waals surface area contributed by atoms with Crippen LogP contribution in [-0.2, 0) is 11.3 Å². The Morgan fingerprint density at radius 1 is 1.42 bits per heavy atom. The van der Waals surface area contributed by atoms with Gasteiger partial charge >= 0.3 is 5.97 Å². The first kappa shape index (κ1) is 14.0. The van der Waals surface area contributed by atoms with Crippen molar-refractivity contribution in [2.45, 2.75) is 31.8 Å². The van der Waals surface area contributed by atoms with Gasteiger partial charge in [-0.15, -0.1) is 0 Å². The predicted octanol–water partition coefficient (Wildman–Crippen LogP) is 1.90. The third-order valence-electron chi connectivity index (χ3n) is 3.49. The molecule has 19 heavy (non-hydrogen) atoms. The van der Waals surface area contributed by atoms with Gasteiger partial charge in [-0.05, 0) is 37.6 Å². The van der Waals surface area contributed by atoms with Gasteiger partial charge in [0.05, 0.1) is 6.42 Å². The third kappa shape index (κ3) is 3.75. The fourth-order valence-corrected chi connectivity index (χ4v) is 2.41. The molecule has 0 spiro atoms. The number of benzene rings is 1. The maximum absolute atomic E-state index is 14.0. The van der Waals surface area contributed by atoms with Crippen molar-refractivity contribution in [2.75, 3.05) is 13.1 Å². The summed E-state index contributed by atoms with van der Waals surface area (Å²) in [6.07, 6.45) is 2.15. The molecular formula is C14H19FN2O2. The van der Waals surface area contributed by atoms with E-state index in [4.69, 9.17) is 10.8 Å². The summed E-state index contributed by atoms with van der Waals surface area (Å²) < 4.78 is 14.0. The van der Waals surface area contributed by atoms with Crippen molar-refractivity contribution in [3.05, 3.63) is 35.1 Å². The first-order valence-electron chi connectivity index (χ1n) is 6.54. The van der Waals surface area contributed by atoms with Crippen molar-refractivity contribution in [3.8, 4) is 0 Å². The largest absolute Gasteiger partial charge is 0.481 e. The Kier molecular flexibility index (Phi) is 4.50. The summed E-state index contributed by atoms with van der Waals surface area (Å²) in [5.41, 5.74) is 6.90. The quantitative estimate of drug-likeness (QED) is 0.854. The molecule has 1 aliphatic heterocycles. The first-order valence-corrected chi connectivity index (χ1v) is 6.54. The lowest BCUT2D eigenvalue weighted by molar-refractivity contribution is -0.137. The van der Waals surface area contributed by atoms with Crippen molar-refractivity contribution in [1.82, 2.24) is 4.90 Å². The molecule has 0 radical (unpaired) electrons. The second-order valence-electron chi connectivity index (χ2n) is 5.04. The number of carbonyl (C=O) groups is 1. The summed E-state index contributed by atoms with van der Waals surface area (Å²) in [4.78, 5) is 12.8. The van der Waals surface area contributed by atoms with E-state index in [-0.39, 0.29) is 12.2 Å². The maximum atomic E-state index is 14.0. The highest BCUT2D eigenvalue weighted by molar-refractivity contribution is 5.67. The van der Waals surface area contributed by atoms with Gasteiger partial charge < -0.3 is 10.8 Å². The first-order chi connectivity index (χ1) is 9.06. The van der Waals surface area contributed by atoms with E-state index in [2.05, 4.69) is 4.90 Å². The van der Waals surface area contributed by atoms with Gasteiger partial charge in [0, 0.05) is 18.2 Å². The molecule has 1 heterocycles. The number of nitrogens with two attached hydrogens (primary N) is 1. The summed E-state index contributed by atoms with van der Waals surface area (Å²) in [6.45, 7) is 2.64. The van der Waals surface area contributed by atoms with Crippen LogP contribution in [0.25, 0.3) is 0 Å². The van der Waals surface area contributed by atoms with E-state index in [1.165, 1.54) is 18.9 Å². The highest BCUT2D eigenvalue weighted by Gasteiger charge is 2.16. The zero-order chi connectivity index (χ0) is 13.8. The summed E-state index contributed by atoms with van der Waals surface area (Å²) in [6, 6.07) is 4.14. The van der Waals surface area contributed by atoms with Gasteiger partial charge in [-0.25, -0.2) is 4.39 Å². The molecule has 0 aromatic heterocycles. The van der Waals surface area contributed by atoms with Gasteiger partial charge in [-0.3, -0.25) is 9.69 Å². The van der Waals surface area contributed by atoms with E-state index in [0.29, 0.717) is 17.7 Å². The molecule has 1 saturated heterocycles. The normalized spacial score (nSPS) is 17.6. The Morgan fingerprint density at radius 3 is 2.68 bits per heavy atom. The molecule has 1 unspecified atom stereocenters. The van der Waals surface area contributed by atoms with Crippen molar-refractivity contribution in [1.29, 1.82) is 0 Å². The van der Waals surface area contributed by atoms with Gasteiger partial charge in [0.25, 0.3) is 0 Å². The van der Waals surface area contributed by atoms with Crippen LogP contribution in [-0.4, -0.2) is 29.1 Å². The van der Waals surface area contributed by atoms with Crippen LogP contribution in [0.1, 0.15) is 36.4 Å². The molecule has 0 bridgehead atoms. The van der Waals surface area contributed by atoms with E-state index in [1.54, 1.807) is 12.1 Å². The Balaban J connectivity index is 2.05. The second kappa shape index (κ2) is 6.12. The standard InChI is InChI=1S/C14H19FN2O2/c15-12-7-10(13(16)8-14(18)19)3-4-11(12)9-17-5-1-2-6-17/h3-4,7,13H,1-2,5-6,8-9,16H2,(H,18,19). The Labute approximate surface area is 112 Å². The number of likely N-dealkylation sites (tertiary alicyclic amines) is 1. The monoisotopic (exact) mass is 266 g/mol. The Morgan fingerprint density at radius 2 is 2.11 bits per heavy atom. The van der Waals surface area contributed by atoms with E-state index < -0.39 is 12.0 Å². The number of carboxylic acids is 1. The molecule has 5 heteroatoms. The number of hydrogen-bond acceptors (Lipinski definition) is 3. The van der Waals surface area contributed by atoms with E-state index >= 15 is 0 Å². The van der Waals surface area contributed by atoms with Crippen molar-refractivity contribution < 1.29 is 14.3 Å². The van der Waals surface area contributed by atoms with E-state index in [1.807, 2.05) is 0 Å². The number of rotatable bonds is 5. The molecule has 1 aromatic carbocycles. The van der Waals surface area contributed by atoms with Crippen LogP contribution in [0, 0.1) is 5.82 Å². The smallest absolute Gasteiger partial charge is 0.305 e. The lowest BCUT2D eigenvalue weighted by Gasteiger charge is -2.16. The van der Waals surface area contributed by atoms with Crippen LogP contribution in [0.4, 0.5) is 4.39 Å². The third-order valence-corrected chi connectivity index (χ3v) is 3.49. The van der Waals surface area contributed by atoms with Gasteiger partial charge in [0.2, 0.25) is 0 Å². The molecule has 1 aromatic rings. The SMILES string of the molecule is NC(CC(=O)O)c1ccc(CN2CCCC2)c(F)c1. The van der Waals surface area contributed by atoms with Crippen LogP contribution in [0.3, 0.4) is 0 Å². The molecule has 3 N–H and O–H groups in total. The van der Waals surface area contributed by atoms with Crippen molar-refractivity contribution in [3.63, 3.8) is 0 Å². The highest BCUT2D eigenvalue weighted by Crippen LogP contribution is 2.20. The Bertz CT molecular complexity index is 459. The number of aliphatic carboxylic acids is 1. The zero-order valence-electron chi connectivity index (χ0n) is 10.8. The average Bonchev–Trinajstić information content (AvgIpc) is 2.83. The minimum atomic E-state index is -0.978. The molecule has 0 aliphatic carbocycles. The summed E-state index contributed by atoms with van der Waals surface area (Å²) >= 11 is 0. The molecule has 4 nitrogen and oxygen atoms in total. The molecule has 0 amide bonds. The predicted molar refractivity (Wildman–Crippen MR) is 70.1 cm³/mol. The zero-order valence-corrected chi connectivity index (χ0v) is 10.8. The van der Waals surface area contributed by atoms with Crippen molar-refractivity contribution in [2.24, 2.45) is 5.73 Å². The Hall–Kier alpha value is -1.46. The van der Waals surface area contributed by atoms with Gasteiger partial charge in [0.1, 0.15) is 5.82 Å². The van der Waals surface area contributed by atoms with Gasteiger partial charge in [0.15, 0.2) is 0 Å². The van der Waals surface area contributed by atoms with Crippen LogP contribution < -0.4 is 5.73 Å². The molecule has 2 rings (SSSR count).